The molecule has 5 N–H and O–H groups in total. The Morgan fingerprint density at radius 1 is 0.911 bits per heavy atom. The second-order valence-corrected chi connectivity index (χ2v) is 12.9. The van der Waals surface area contributed by atoms with Crippen LogP contribution in [0.1, 0.15) is 90.6 Å². The molecule has 17 heteroatoms. The maximum Gasteiger partial charge on any atom is 0.363 e. The highest BCUT2D eigenvalue weighted by molar-refractivity contribution is 6.00. The van der Waals surface area contributed by atoms with Crippen molar-refractivity contribution >= 4 is 47.7 Å². The second kappa shape index (κ2) is 21.5. The first kappa shape index (κ1) is 44.0. The third-order valence-electron chi connectivity index (χ3n) is 8.69. The van der Waals surface area contributed by atoms with Crippen molar-refractivity contribution in [3.63, 3.8) is 0 Å². The molecule has 56 heavy (non-hydrogen) atoms. The molecule has 17 nitrogen and oxygen atoms in total. The lowest BCUT2D eigenvalue weighted by atomic mass is 9.90. The molecule has 4 amide bonds. The predicted octanol–water partition coefficient (Wildman–Crippen LogP) is 4.08. The van der Waals surface area contributed by atoms with Crippen LogP contribution in [-0.4, -0.2) is 96.8 Å². The minimum absolute atomic E-state index is 0.0463. The van der Waals surface area contributed by atoms with Gasteiger partial charge in [-0.25, -0.2) is 9.59 Å². The lowest BCUT2D eigenvalue weighted by Gasteiger charge is -2.31. The van der Waals surface area contributed by atoms with Gasteiger partial charge in [-0.15, -0.1) is 0 Å². The first-order valence-corrected chi connectivity index (χ1v) is 18.2. The van der Waals surface area contributed by atoms with Gasteiger partial charge in [0.05, 0.1) is 42.8 Å². The first-order chi connectivity index (χ1) is 26.7. The molecule has 0 aliphatic rings. The number of unbranched alkanes of at least 4 members (excludes halogenated alkanes) is 2. The second-order valence-electron chi connectivity index (χ2n) is 12.9. The molecular weight excluding hydrogens is 730 g/mol. The van der Waals surface area contributed by atoms with E-state index in [0.717, 1.165) is 23.6 Å². The van der Waals surface area contributed by atoms with Gasteiger partial charge in [0.1, 0.15) is 17.6 Å². The Balaban J connectivity index is 1.70. The Labute approximate surface area is 324 Å². The van der Waals surface area contributed by atoms with E-state index in [0.29, 0.717) is 31.2 Å². The molecule has 1 aromatic heterocycles. The van der Waals surface area contributed by atoms with Gasteiger partial charge in [-0.1, -0.05) is 45.2 Å². The summed E-state index contributed by atoms with van der Waals surface area (Å²) in [6.07, 6.45) is 2.62. The van der Waals surface area contributed by atoms with Gasteiger partial charge in [0.2, 0.25) is 12.3 Å². The molecule has 0 fully saturated rings. The molecule has 2 unspecified atom stereocenters. The molecule has 0 bridgehead atoms. The molecule has 1 heterocycles. The number of carbonyl (C=O) groups excluding carboxylic acids is 5. The highest BCUT2D eigenvalue weighted by Gasteiger charge is 2.34. The number of ether oxygens (including phenoxy) is 1. The summed E-state index contributed by atoms with van der Waals surface area (Å²) in [6, 6.07) is 11.4. The van der Waals surface area contributed by atoms with Gasteiger partial charge in [0.15, 0.2) is 5.76 Å². The lowest BCUT2D eigenvalue weighted by molar-refractivity contribution is -0.171. The van der Waals surface area contributed by atoms with E-state index in [9.17, 15) is 38.7 Å². The molecule has 2 aromatic carbocycles. The van der Waals surface area contributed by atoms with Crippen LogP contribution in [0.2, 0.25) is 0 Å². The number of hydrogen-bond donors (Lipinski definition) is 5. The van der Waals surface area contributed by atoms with Crippen LogP contribution in [0.15, 0.2) is 59.0 Å². The van der Waals surface area contributed by atoms with Gasteiger partial charge in [-0.3, -0.25) is 24.0 Å². The number of benzene rings is 2. The normalized spacial score (nSPS) is 12.3. The number of anilines is 1. The summed E-state index contributed by atoms with van der Waals surface area (Å²) in [5.74, 6) is -6.25. The van der Waals surface area contributed by atoms with Crippen molar-refractivity contribution in [2.75, 3.05) is 32.3 Å². The fraction of sp³-hybridized carbons (Fsp3) is 0.410. The number of aliphatic carboxylic acids is 2. The van der Waals surface area contributed by atoms with Crippen molar-refractivity contribution in [2.24, 2.45) is 5.92 Å². The maximum atomic E-state index is 13.6. The Morgan fingerprint density at radius 3 is 2.29 bits per heavy atom. The highest BCUT2D eigenvalue weighted by Crippen LogP contribution is 2.29. The van der Waals surface area contributed by atoms with E-state index in [4.69, 9.17) is 19.1 Å². The zero-order valence-electron chi connectivity index (χ0n) is 32.0. The fourth-order valence-corrected chi connectivity index (χ4v) is 5.77. The Morgan fingerprint density at radius 2 is 1.66 bits per heavy atom. The third kappa shape index (κ3) is 12.3. The molecule has 0 spiro atoms. The van der Waals surface area contributed by atoms with Crippen molar-refractivity contribution < 1.29 is 57.8 Å². The minimum atomic E-state index is -1.67. The molecule has 302 valence electrons. The number of hydroxylamine groups is 2. The maximum absolute atomic E-state index is 13.6. The zero-order valence-corrected chi connectivity index (χ0v) is 32.0. The van der Waals surface area contributed by atoms with Crippen molar-refractivity contribution in [3.8, 4) is 17.1 Å². The third-order valence-corrected chi connectivity index (χ3v) is 8.69. The summed E-state index contributed by atoms with van der Waals surface area (Å²) in [5, 5.41) is 26.6. The molecule has 0 radical (unpaired) electrons. The van der Waals surface area contributed by atoms with Crippen molar-refractivity contribution in [3.05, 3.63) is 71.5 Å². The summed E-state index contributed by atoms with van der Waals surface area (Å²) in [7, 11) is 3.65. The predicted molar refractivity (Wildman–Crippen MR) is 203 cm³/mol. The van der Waals surface area contributed by atoms with Gasteiger partial charge >= 0.3 is 17.9 Å². The number of furan rings is 1. The quantitative estimate of drug-likeness (QED) is 0.0396. The van der Waals surface area contributed by atoms with Gasteiger partial charge < -0.3 is 45.1 Å². The molecule has 0 saturated carbocycles. The molecular formula is C39H49N5O12. The Bertz CT molecular complexity index is 1860. The first-order valence-electron chi connectivity index (χ1n) is 18.2. The molecule has 0 aliphatic heterocycles. The summed E-state index contributed by atoms with van der Waals surface area (Å²) in [6.45, 7) is 5.31. The van der Waals surface area contributed by atoms with E-state index in [-0.39, 0.29) is 41.7 Å². The van der Waals surface area contributed by atoms with E-state index >= 15 is 0 Å². The monoisotopic (exact) mass is 779 g/mol. The standard InChI is InChI=1S/C39H49N5O12/c1-6-9-10-14-27(30(7-2)44(23-45)56-39(53)25-12-11-13-26(19-25)43(4)5)35(48)40-22-41-37(50)32-18-17-31(55-32)24-15-16-28(33(20-24)54-8-3)36(49)42-29(38(51)52)21-34(46)47/h11-13,15-20,23,27,29-30H,6-10,14,21-22H2,1-5H3,(H,40,48)(H,41,50)(H,42,49)(H,46,47)(H,51,52)/t27?,29?,30-/m1/s1. The number of nitrogens with zero attached hydrogens (tertiary/aromatic N) is 2. The minimum Gasteiger partial charge on any atom is -0.493 e. The van der Waals surface area contributed by atoms with Gasteiger partial charge in [-0.2, -0.15) is 5.06 Å². The number of carbonyl (C=O) groups is 7. The van der Waals surface area contributed by atoms with Gasteiger partial charge in [-0.05, 0) is 62.2 Å². The van der Waals surface area contributed by atoms with Crippen LogP contribution in [0, 0.1) is 5.92 Å². The number of carboxylic acid groups (broad SMARTS) is 2. The van der Waals surface area contributed by atoms with Crippen LogP contribution in [0.4, 0.5) is 5.69 Å². The van der Waals surface area contributed by atoms with E-state index in [1.54, 1.807) is 32.0 Å². The van der Waals surface area contributed by atoms with E-state index < -0.39 is 60.1 Å². The SMILES string of the molecule is CCCCCC(C(=O)NCNC(=O)c1ccc(-c2ccc(C(=O)NC(CC(=O)O)C(=O)O)c(OCC)c2)o1)[C@@H](CC)N(C=O)OC(=O)c1cccc(N(C)C)c1. The molecule has 0 aliphatic carbocycles. The van der Waals surface area contributed by atoms with E-state index in [1.807, 2.05) is 32.0 Å². The van der Waals surface area contributed by atoms with Crippen LogP contribution < -0.4 is 25.6 Å². The number of nitrogens with one attached hydrogen (secondary N) is 3. The number of carboxylic acids is 2. The fourth-order valence-electron chi connectivity index (χ4n) is 5.77. The van der Waals surface area contributed by atoms with Crippen molar-refractivity contribution in [1.29, 1.82) is 0 Å². The smallest absolute Gasteiger partial charge is 0.363 e. The molecule has 3 rings (SSSR count). The Kier molecular flexibility index (Phi) is 16.9. The highest BCUT2D eigenvalue weighted by atomic mass is 16.7. The van der Waals surface area contributed by atoms with E-state index in [1.165, 1.54) is 30.3 Å². The lowest BCUT2D eigenvalue weighted by Crippen LogP contribution is -2.49. The van der Waals surface area contributed by atoms with Crippen LogP contribution >= 0.6 is 0 Å². The van der Waals surface area contributed by atoms with Crippen LogP contribution in [0.5, 0.6) is 5.75 Å². The average molecular weight is 780 g/mol. The molecule has 3 aromatic rings. The average Bonchev–Trinajstić information content (AvgIpc) is 3.67. The molecule has 0 saturated heterocycles. The van der Waals surface area contributed by atoms with Crippen molar-refractivity contribution in [1.82, 2.24) is 21.0 Å². The number of rotatable bonds is 23. The van der Waals surface area contributed by atoms with Gasteiger partial charge in [0.25, 0.3) is 11.8 Å². The Hall–Kier alpha value is -6.39. The largest absolute Gasteiger partial charge is 0.493 e. The summed E-state index contributed by atoms with van der Waals surface area (Å²) >= 11 is 0. The summed E-state index contributed by atoms with van der Waals surface area (Å²) < 4.78 is 11.3. The van der Waals surface area contributed by atoms with Crippen LogP contribution in [0.25, 0.3) is 11.3 Å². The number of hydrogen-bond acceptors (Lipinski definition) is 11. The summed E-state index contributed by atoms with van der Waals surface area (Å²) in [4.78, 5) is 94.6. The number of amides is 4. The topological polar surface area (TPSA) is 234 Å². The summed E-state index contributed by atoms with van der Waals surface area (Å²) in [5.41, 5.74) is 1.35. The van der Waals surface area contributed by atoms with Gasteiger partial charge in [0, 0.05) is 25.3 Å². The van der Waals surface area contributed by atoms with E-state index in [2.05, 4.69) is 16.0 Å². The van der Waals surface area contributed by atoms with Crippen LogP contribution in [-0.2, 0) is 24.0 Å². The zero-order chi connectivity index (χ0) is 41.4. The van der Waals surface area contributed by atoms with Crippen LogP contribution in [0.3, 0.4) is 0 Å². The molecule has 3 atom stereocenters. The van der Waals surface area contributed by atoms with Crippen molar-refractivity contribution in [2.45, 2.75) is 71.4 Å².